The zero-order valence-corrected chi connectivity index (χ0v) is 18.8. The second-order valence-corrected chi connectivity index (χ2v) is 8.75. The van der Waals surface area contributed by atoms with Crippen LogP contribution in [-0.4, -0.2) is 47.4 Å². The van der Waals surface area contributed by atoms with Crippen molar-refractivity contribution in [2.24, 2.45) is 0 Å². The average molecular weight is 462 g/mol. The van der Waals surface area contributed by atoms with Crippen molar-refractivity contribution in [3.63, 3.8) is 0 Å². The molecule has 6 rings (SSSR count). The van der Waals surface area contributed by atoms with E-state index in [-0.39, 0.29) is 12.4 Å². The number of aryl methyl sites for hydroxylation is 1. The van der Waals surface area contributed by atoms with Gasteiger partial charge >= 0.3 is 0 Å². The number of ether oxygens (including phenoxy) is 1. The van der Waals surface area contributed by atoms with Gasteiger partial charge in [-0.1, -0.05) is 11.6 Å². The Morgan fingerprint density at radius 1 is 1.09 bits per heavy atom. The first-order chi connectivity index (χ1) is 16.7. The molecule has 1 fully saturated rings. The molecule has 0 radical (unpaired) electrons. The Kier molecular flexibility index (Phi) is 5.29. The van der Waals surface area contributed by atoms with Gasteiger partial charge in [0.2, 0.25) is 5.88 Å². The monoisotopic (exact) mass is 461 g/mol. The Hall–Kier alpha value is -3.66. The summed E-state index contributed by atoms with van der Waals surface area (Å²) in [7, 11) is 0. The van der Waals surface area contributed by atoms with Crippen LogP contribution in [0.25, 0.3) is 22.8 Å². The second-order valence-electron chi connectivity index (χ2n) is 8.75. The van der Waals surface area contributed by atoms with Crippen LogP contribution in [-0.2, 0) is 19.7 Å². The van der Waals surface area contributed by atoms with E-state index < -0.39 is 0 Å². The molecular formula is C24H24FN7O2. The molecule has 4 aromatic rings. The highest BCUT2D eigenvalue weighted by atomic mass is 19.1. The highest BCUT2D eigenvalue weighted by molar-refractivity contribution is 5.63. The van der Waals surface area contributed by atoms with Gasteiger partial charge in [0.15, 0.2) is 5.82 Å². The molecule has 1 aliphatic carbocycles. The van der Waals surface area contributed by atoms with Crippen LogP contribution in [0.2, 0.25) is 0 Å². The molecule has 1 saturated carbocycles. The summed E-state index contributed by atoms with van der Waals surface area (Å²) in [6.45, 7) is 4.71. The van der Waals surface area contributed by atoms with Crippen molar-refractivity contribution in [1.82, 2.24) is 34.8 Å². The lowest BCUT2D eigenvalue weighted by Crippen LogP contribution is -2.44. The maximum Gasteiger partial charge on any atom is 0.232 e. The van der Waals surface area contributed by atoms with Gasteiger partial charge < -0.3 is 13.8 Å². The van der Waals surface area contributed by atoms with Crippen LogP contribution in [0.4, 0.5) is 4.39 Å². The third-order valence-electron chi connectivity index (χ3n) is 6.70. The van der Waals surface area contributed by atoms with Gasteiger partial charge in [0.25, 0.3) is 0 Å². The molecule has 0 unspecified atom stereocenters. The first-order valence-corrected chi connectivity index (χ1v) is 11.5. The maximum absolute atomic E-state index is 13.3. The third-order valence-corrected chi connectivity index (χ3v) is 6.70. The quantitative estimate of drug-likeness (QED) is 0.428. The van der Waals surface area contributed by atoms with Crippen molar-refractivity contribution in [3.05, 3.63) is 59.6 Å². The van der Waals surface area contributed by atoms with E-state index in [1.807, 2.05) is 6.92 Å². The lowest BCUT2D eigenvalue weighted by molar-refractivity contribution is 0.0960. The fourth-order valence-corrected chi connectivity index (χ4v) is 4.48. The topological polar surface area (TPSA) is 95.0 Å². The van der Waals surface area contributed by atoms with E-state index in [0.29, 0.717) is 29.1 Å². The number of fused-ring (bicyclic) bond motifs is 1. The maximum atomic E-state index is 13.3. The van der Waals surface area contributed by atoms with Gasteiger partial charge in [-0.2, -0.15) is 0 Å². The molecule has 0 spiro atoms. The van der Waals surface area contributed by atoms with Gasteiger partial charge in [-0.15, -0.1) is 10.2 Å². The zero-order chi connectivity index (χ0) is 23.1. The van der Waals surface area contributed by atoms with Crippen LogP contribution < -0.4 is 4.74 Å². The third kappa shape index (κ3) is 3.83. The van der Waals surface area contributed by atoms with Gasteiger partial charge in [-0.05, 0) is 44.0 Å². The molecule has 0 saturated heterocycles. The average Bonchev–Trinajstić information content (AvgIpc) is 3.41. The Morgan fingerprint density at radius 3 is 2.68 bits per heavy atom. The normalized spacial score (nSPS) is 16.3. The van der Waals surface area contributed by atoms with Crippen LogP contribution >= 0.6 is 0 Å². The van der Waals surface area contributed by atoms with Crippen molar-refractivity contribution in [2.45, 2.75) is 51.9 Å². The summed E-state index contributed by atoms with van der Waals surface area (Å²) in [6, 6.07) is 6.80. The Balaban J connectivity index is 1.15. The summed E-state index contributed by atoms with van der Waals surface area (Å²) < 4.78 is 26.6. The Morgan fingerprint density at radius 2 is 1.94 bits per heavy atom. The van der Waals surface area contributed by atoms with Gasteiger partial charge in [0, 0.05) is 24.7 Å². The van der Waals surface area contributed by atoms with Crippen LogP contribution in [0.15, 0.2) is 41.2 Å². The van der Waals surface area contributed by atoms with Gasteiger partial charge in [0.05, 0.1) is 24.5 Å². The molecular weight excluding hydrogens is 437 g/mol. The van der Waals surface area contributed by atoms with Gasteiger partial charge in [-0.25, -0.2) is 14.4 Å². The summed E-state index contributed by atoms with van der Waals surface area (Å²) in [5.74, 6) is 2.42. The smallest absolute Gasteiger partial charge is 0.232 e. The van der Waals surface area contributed by atoms with Crippen molar-refractivity contribution in [2.75, 3.05) is 6.54 Å². The minimum absolute atomic E-state index is 0.202. The predicted molar refractivity (Wildman–Crippen MR) is 120 cm³/mol. The van der Waals surface area contributed by atoms with Crippen LogP contribution in [0.1, 0.15) is 36.4 Å². The molecule has 1 aromatic carbocycles. The molecule has 34 heavy (non-hydrogen) atoms. The molecule has 4 heterocycles. The number of nitrogens with zero attached hydrogens (tertiary/aromatic N) is 7. The number of rotatable bonds is 6. The standard InChI is InChI=1S/C24H24FN7O2/c1-15-19(23(30-34-15)16-5-7-17(25)8-6-16)14-33-22-12-26-20(11-27-22)24-29-28-21-13-31(9-10-32(21)24)18-3-2-4-18/h5-8,11-12,18H,2-4,9-10,13-14H2,1H3. The number of hydrogen-bond donors (Lipinski definition) is 0. The van der Waals surface area contributed by atoms with E-state index >= 15 is 0 Å². The molecule has 0 N–H and O–H groups in total. The van der Waals surface area contributed by atoms with E-state index in [0.717, 1.165) is 42.4 Å². The van der Waals surface area contributed by atoms with Gasteiger partial charge in [0.1, 0.15) is 35.4 Å². The first kappa shape index (κ1) is 20.9. The number of halogens is 1. The summed E-state index contributed by atoms with van der Waals surface area (Å²) in [5, 5.41) is 12.9. The lowest BCUT2D eigenvalue weighted by Gasteiger charge is -2.39. The second kappa shape index (κ2) is 8.60. The molecule has 0 atom stereocenters. The van der Waals surface area contributed by atoms with E-state index in [1.54, 1.807) is 24.5 Å². The van der Waals surface area contributed by atoms with Crippen molar-refractivity contribution >= 4 is 0 Å². The number of hydrogen-bond acceptors (Lipinski definition) is 8. The Bertz CT molecular complexity index is 1300. The van der Waals surface area contributed by atoms with Gasteiger partial charge in [-0.3, -0.25) is 4.90 Å². The minimum Gasteiger partial charge on any atom is -0.471 e. The molecule has 0 bridgehead atoms. The summed E-state index contributed by atoms with van der Waals surface area (Å²) in [5.41, 5.74) is 2.82. The summed E-state index contributed by atoms with van der Waals surface area (Å²) in [6.07, 6.45) is 7.14. The zero-order valence-electron chi connectivity index (χ0n) is 18.8. The van der Waals surface area contributed by atoms with Crippen LogP contribution in [0, 0.1) is 12.7 Å². The molecule has 9 nitrogen and oxygen atoms in total. The first-order valence-electron chi connectivity index (χ1n) is 11.5. The molecule has 1 aliphatic heterocycles. The summed E-state index contributed by atoms with van der Waals surface area (Å²) in [4.78, 5) is 11.4. The minimum atomic E-state index is -0.304. The fraction of sp³-hybridized carbons (Fsp3) is 0.375. The fourth-order valence-electron chi connectivity index (χ4n) is 4.48. The molecule has 2 aliphatic rings. The van der Waals surface area contributed by atoms with E-state index in [2.05, 4.69) is 34.8 Å². The molecule has 3 aromatic heterocycles. The van der Waals surface area contributed by atoms with Crippen molar-refractivity contribution in [1.29, 1.82) is 0 Å². The predicted octanol–water partition coefficient (Wildman–Crippen LogP) is 3.78. The van der Waals surface area contributed by atoms with Crippen molar-refractivity contribution in [3.8, 4) is 28.7 Å². The lowest BCUT2D eigenvalue weighted by atomic mass is 9.91. The SMILES string of the molecule is Cc1onc(-c2ccc(F)cc2)c1COc1cnc(-c2nnc3n2CCN(C2CCC2)C3)cn1. The largest absolute Gasteiger partial charge is 0.471 e. The van der Waals surface area contributed by atoms with E-state index in [1.165, 1.54) is 31.4 Å². The van der Waals surface area contributed by atoms with Crippen molar-refractivity contribution < 1.29 is 13.7 Å². The molecule has 10 heteroatoms. The Labute approximate surface area is 195 Å². The van der Waals surface area contributed by atoms with E-state index in [4.69, 9.17) is 9.26 Å². The highest BCUT2D eigenvalue weighted by Crippen LogP contribution is 2.29. The molecule has 174 valence electrons. The van der Waals surface area contributed by atoms with Crippen LogP contribution in [0.5, 0.6) is 5.88 Å². The number of aromatic nitrogens is 6. The van der Waals surface area contributed by atoms with Crippen LogP contribution in [0.3, 0.4) is 0 Å². The summed E-state index contributed by atoms with van der Waals surface area (Å²) >= 11 is 0. The highest BCUT2D eigenvalue weighted by Gasteiger charge is 2.30. The molecule has 0 amide bonds. The van der Waals surface area contributed by atoms with E-state index in [9.17, 15) is 4.39 Å². The number of benzene rings is 1.